The molecule has 2 nitrogen and oxygen atoms in total. The van der Waals surface area contributed by atoms with Crippen LogP contribution in [0.1, 0.15) is 0 Å². The van der Waals surface area contributed by atoms with Crippen LogP contribution in [0.15, 0.2) is 42.7 Å². The minimum Gasteiger partial charge on any atom is -0.494 e. The molecule has 0 fully saturated rings. The zero-order valence-corrected chi connectivity index (χ0v) is 9.03. The van der Waals surface area contributed by atoms with Gasteiger partial charge in [0.2, 0.25) is 0 Å². The molecule has 0 atom stereocenters. The summed E-state index contributed by atoms with van der Waals surface area (Å²) in [6.45, 7) is 0. The summed E-state index contributed by atoms with van der Waals surface area (Å²) in [5.74, 6) is 0.764. The van der Waals surface area contributed by atoms with Crippen molar-refractivity contribution in [2.75, 3.05) is 7.11 Å². The van der Waals surface area contributed by atoms with E-state index >= 15 is 0 Å². The van der Waals surface area contributed by atoms with Gasteiger partial charge in [0, 0.05) is 16.8 Å². The van der Waals surface area contributed by atoms with Gasteiger partial charge in [0.05, 0.1) is 13.3 Å². The van der Waals surface area contributed by atoms with E-state index in [0.29, 0.717) is 0 Å². The fraction of sp³-hybridized carbons (Fsp3) is 0.0833. The van der Waals surface area contributed by atoms with Crippen LogP contribution >= 0.6 is 11.6 Å². The molecule has 0 radical (unpaired) electrons. The third kappa shape index (κ3) is 2.10. The molecule has 0 N–H and O–H groups in total. The fourth-order valence-corrected chi connectivity index (χ4v) is 1.54. The summed E-state index contributed by atoms with van der Waals surface area (Å²) in [6, 6.07) is 9.55. The van der Waals surface area contributed by atoms with Crippen molar-refractivity contribution in [3.05, 3.63) is 47.7 Å². The lowest BCUT2D eigenvalue weighted by molar-refractivity contribution is 0.414. The van der Waals surface area contributed by atoms with E-state index in [4.69, 9.17) is 16.3 Å². The number of nitrogens with zero attached hydrogens (tertiary/aromatic N) is 1. The zero-order valence-electron chi connectivity index (χ0n) is 8.27. The minimum absolute atomic E-state index is 0.728. The molecule has 1 aromatic heterocycles. The van der Waals surface area contributed by atoms with Gasteiger partial charge in [0.1, 0.15) is 5.75 Å². The number of halogens is 1. The highest BCUT2D eigenvalue weighted by atomic mass is 35.5. The molecule has 0 aliphatic heterocycles. The first-order valence-corrected chi connectivity index (χ1v) is 4.93. The first-order chi connectivity index (χ1) is 7.31. The third-order valence-corrected chi connectivity index (χ3v) is 2.41. The number of hydrogen-bond donors (Lipinski definition) is 0. The number of rotatable bonds is 2. The Labute approximate surface area is 93.5 Å². The Balaban J connectivity index is 2.49. The van der Waals surface area contributed by atoms with Crippen molar-refractivity contribution in [2.45, 2.75) is 0 Å². The van der Waals surface area contributed by atoms with E-state index in [2.05, 4.69) is 4.98 Å². The molecule has 0 saturated heterocycles. The van der Waals surface area contributed by atoms with Gasteiger partial charge in [-0.1, -0.05) is 23.7 Å². The van der Waals surface area contributed by atoms with E-state index in [1.807, 2.05) is 30.3 Å². The molecule has 0 unspecified atom stereocenters. The summed E-state index contributed by atoms with van der Waals surface area (Å²) in [6.07, 6.45) is 3.44. The molecule has 0 amide bonds. The lowest BCUT2D eigenvalue weighted by Gasteiger charge is -2.07. The van der Waals surface area contributed by atoms with Crippen LogP contribution in [0.3, 0.4) is 0 Å². The Morgan fingerprint density at radius 3 is 2.53 bits per heavy atom. The summed E-state index contributed by atoms with van der Waals surface area (Å²) >= 11 is 5.83. The summed E-state index contributed by atoms with van der Waals surface area (Å²) in [5.41, 5.74) is 2.09. The van der Waals surface area contributed by atoms with Crippen LogP contribution < -0.4 is 4.74 Å². The summed E-state index contributed by atoms with van der Waals surface area (Å²) in [4.78, 5) is 4.01. The summed E-state index contributed by atoms with van der Waals surface area (Å²) in [5, 5.41) is 0.728. The Hall–Kier alpha value is -1.54. The van der Waals surface area contributed by atoms with E-state index in [0.717, 1.165) is 21.9 Å². The Morgan fingerprint density at radius 1 is 1.13 bits per heavy atom. The van der Waals surface area contributed by atoms with Gasteiger partial charge in [-0.3, -0.25) is 4.98 Å². The van der Waals surface area contributed by atoms with Crippen molar-refractivity contribution < 1.29 is 4.74 Å². The Bertz CT molecular complexity index is 453. The highest BCUT2D eigenvalue weighted by molar-refractivity contribution is 6.30. The van der Waals surface area contributed by atoms with Crippen molar-refractivity contribution in [2.24, 2.45) is 0 Å². The standard InChI is InChI=1S/C12H10ClNO/c1-15-12-8-14-7-6-11(12)9-2-4-10(13)5-3-9/h2-8H,1H3. The molecule has 0 aliphatic rings. The number of methoxy groups -OCH3 is 1. The quantitative estimate of drug-likeness (QED) is 0.772. The second-order valence-electron chi connectivity index (χ2n) is 3.08. The topological polar surface area (TPSA) is 22.1 Å². The molecule has 1 heterocycles. The fourth-order valence-electron chi connectivity index (χ4n) is 1.41. The predicted octanol–water partition coefficient (Wildman–Crippen LogP) is 3.41. The van der Waals surface area contributed by atoms with Crippen molar-refractivity contribution in [3.63, 3.8) is 0 Å². The second-order valence-corrected chi connectivity index (χ2v) is 3.52. The highest BCUT2D eigenvalue weighted by Crippen LogP contribution is 2.29. The Kier molecular flexibility index (Phi) is 2.88. The minimum atomic E-state index is 0.728. The molecule has 1 aromatic carbocycles. The number of pyridine rings is 1. The molecule has 3 heteroatoms. The highest BCUT2D eigenvalue weighted by Gasteiger charge is 2.04. The Morgan fingerprint density at radius 2 is 1.87 bits per heavy atom. The van der Waals surface area contributed by atoms with E-state index < -0.39 is 0 Å². The third-order valence-electron chi connectivity index (χ3n) is 2.16. The van der Waals surface area contributed by atoms with Crippen LogP contribution in [0.2, 0.25) is 5.02 Å². The molecule has 0 spiro atoms. The number of aromatic nitrogens is 1. The van der Waals surface area contributed by atoms with Crippen LogP contribution in [-0.4, -0.2) is 12.1 Å². The van der Waals surface area contributed by atoms with Crippen molar-refractivity contribution in [3.8, 4) is 16.9 Å². The van der Waals surface area contributed by atoms with E-state index in [9.17, 15) is 0 Å². The maximum Gasteiger partial charge on any atom is 0.144 e. The van der Waals surface area contributed by atoms with Crippen molar-refractivity contribution in [1.29, 1.82) is 0 Å². The average Bonchev–Trinajstić information content (AvgIpc) is 2.30. The van der Waals surface area contributed by atoms with Gasteiger partial charge in [-0.2, -0.15) is 0 Å². The molecule has 76 valence electrons. The second kappa shape index (κ2) is 4.32. The molecule has 15 heavy (non-hydrogen) atoms. The average molecular weight is 220 g/mol. The lowest BCUT2D eigenvalue weighted by Crippen LogP contribution is -1.88. The first kappa shape index (κ1) is 9.99. The van der Waals surface area contributed by atoms with E-state index in [1.54, 1.807) is 19.5 Å². The van der Waals surface area contributed by atoms with Gasteiger partial charge in [-0.05, 0) is 23.8 Å². The van der Waals surface area contributed by atoms with Crippen LogP contribution in [0.5, 0.6) is 5.75 Å². The van der Waals surface area contributed by atoms with Crippen molar-refractivity contribution >= 4 is 11.6 Å². The molecule has 0 saturated carbocycles. The largest absolute Gasteiger partial charge is 0.494 e. The maximum atomic E-state index is 5.83. The molecule has 0 bridgehead atoms. The summed E-state index contributed by atoms with van der Waals surface area (Å²) < 4.78 is 5.23. The maximum absolute atomic E-state index is 5.83. The lowest BCUT2D eigenvalue weighted by atomic mass is 10.1. The number of ether oxygens (including phenoxy) is 1. The number of benzene rings is 1. The van der Waals surface area contributed by atoms with Gasteiger partial charge in [-0.15, -0.1) is 0 Å². The molecular weight excluding hydrogens is 210 g/mol. The van der Waals surface area contributed by atoms with Crippen molar-refractivity contribution in [1.82, 2.24) is 4.98 Å². The van der Waals surface area contributed by atoms with Gasteiger partial charge in [0.25, 0.3) is 0 Å². The van der Waals surface area contributed by atoms with Gasteiger partial charge < -0.3 is 4.74 Å². The SMILES string of the molecule is COc1cnccc1-c1ccc(Cl)cc1. The first-order valence-electron chi connectivity index (χ1n) is 4.55. The van der Waals surface area contributed by atoms with Crippen LogP contribution in [-0.2, 0) is 0 Å². The molecule has 0 aliphatic carbocycles. The van der Waals surface area contributed by atoms with Gasteiger partial charge in [-0.25, -0.2) is 0 Å². The van der Waals surface area contributed by atoms with E-state index in [1.165, 1.54) is 0 Å². The number of hydrogen-bond acceptors (Lipinski definition) is 2. The van der Waals surface area contributed by atoms with Crippen LogP contribution in [0.4, 0.5) is 0 Å². The molecule has 2 aromatic rings. The van der Waals surface area contributed by atoms with E-state index in [-0.39, 0.29) is 0 Å². The zero-order chi connectivity index (χ0) is 10.7. The molecule has 2 rings (SSSR count). The van der Waals surface area contributed by atoms with Crippen LogP contribution in [0, 0.1) is 0 Å². The monoisotopic (exact) mass is 219 g/mol. The summed E-state index contributed by atoms with van der Waals surface area (Å²) in [7, 11) is 1.64. The normalized spacial score (nSPS) is 10.0. The predicted molar refractivity (Wildman–Crippen MR) is 61.2 cm³/mol. The molecular formula is C12H10ClNO. The van der Waals surface area contributed by atoms with Crippen LogP contribution in [0.25, 0.3) is 11.1 Å². The van der Waals surface area contributed by atoms with Gasteiger partial charge >= 0.3 is 0 Å². The smallest absolute Gasteiger partial charge is 0.144 e. The van der Waals surface area contributed by atoms with Gasteiger partial charge in [0.15, 0.2) is 0 Å².